The lowest BCUT2D eigenvalue weighted by Gasteiger charge is -2.24. The van der Waals surface area contributed by atoms with Gasteiger partial charge in [0, 0.05) is 34.7 Å². The van der Waals surface area contributed by atoms with E-state index < -0.39 is 0 Å². The molecule has 4 nitrogen and oxygen atoms in total. The zero-order chi connectivity index (χ0) is 20.5. The van der Waals surface area contributed by atoms with E-state index in [1.54, 1.807) is 6.20 Å². The zero-order valence-corrected chi connectivity index (χ0v) is 17.2. The number of benzene rings is 2. The Morgan fingerprint density at radius 2 is 1.66 bits per heavy atom. The highest BCUT2D eigenvalue weighted by molar-refractivity contribution is 5.86. The average Bonchev–Trinajstić information content (AvgIpc) is 2.69. The number of pyridine rings is 2. The van der Waals surface area contributed by atoms with Gasteiger partial charge in [-0.15, -0.1) is 0 Å². The quantitative estimate of drug-likeness (QED) is 0.470. The molecule has 0 aliphatic rings. The maximum absolute atomic E-state index is 11.1. The summed E-state index contributed by atoms with van der Waals surface area (Å²) in [6.45, 7) is 8.24. The van der Waals surface area contributed by atoms with Crippen molar-refractivity contribution in [2.45, 2.75) is 33.7 Å². The Bertz CT molecular complexity index is 1160. The van der Waals surface area contributed by atoms with Crippen LogP contribution in [0.15, 0.2) is 60.9 Å². The Hall–Kier alpha value is -3.40. The third kappa shape index (κ3) is 3.66. The van der Waals surface area contributed by atoms with Crippen LogP contribution in [0.3, 0.4) is 0 Å². The predicted octanol–water partition coefficient (Wildman–Crippen LogP) is 5.77. The van der Waals surface area contributed by atoms with Crippen LogP contribution in [0, 0.1) is 27.7 Å². The molecule has 1 unspecified atom stereocenters. The van der Waals surface area contributed by atoms with Crippen LogP contribution in [0.4, 0.5) is 5.69 Å². The fourth-order valence-electron chi connectivity index (χ4n) is 3.96. The molecule has 4 rings (SSSR count). The Morgan fingerprint density at radius 1 is 0.931 bits per heavy atom. The number of hydrogen-bond donors (Lipinski definition) is 2. The summed E-state index contributed by atoms with van der Waals surface area (Å²) in [5.74, 6) is 0.204. The number of anilines is 1. The van der Waals surface area contributed by atoms with E-state index in [2.05, 4.69) is 48.2 Å². The highest BCUT2D eigenvalue weighted by atomic mass is 16.3. The van der Waals surface area contributed by atoms with E-state index >= 15 is 0 Å². The fourth-order valence-corrected chi connectivity index (χ4v) is 3.96. The van der Waals surface area contributed by atoms with Crippen molar-refractivity contribution < 1.29 is 5.11 Å². The van der Waals surface area contributed by atoms with Crippen LogP contribution < -0.4 is 5.32 Å². The first-order valence-electron chi connectivity index (χ1n) is 9.77. The minimum absolute atomic E-state index is 0.204. The minimum Gasteiger partial charge on any atom is -0.505 e. The first kappa shape index (κ1) is 18.9. The van der Waals surface area contributed by atoms with Crippen LogP contribution in [0.1, 0.15) is 39.6 Å². The van der Waals surface area contributed by atoms with E-state index in [0.29, 0.717) is 5.52 Å². The van der Waals surface area contributed by atoms with Crippen molar-refractivity contribution in [2.75, 3.05) is 5.32 Å². The van der Waals surface area contributed by atoms with E-state index in [0.717, 1.165) is 27.9 Å². The van der Waals surface area contributed by atoms with Gasteiger partial charge in [-0.25, -0.2) is 4.98 Å². The molecule has 2 N–H and O–H groups in total. The SMILES string of the molecule is Cc1cc(C)c(NC(c2cccnc2)c2ccc3ccc(C)nc3c2O)c(C)c1. The monoisotopic (exact) mass is 383 g/mol. The van der Waals surface area contributed by atoms with Crippen molar-refractivity contribution in [1.82, 2.24) is 9.97 Å². The van der Waals surface area contributed by atoms with Gasteiger partial charge < -0.3 is 10.4 Å². The third-order valence-electron chi connectivity index (χ3n) is 5.30. The molecule has 0 saturated carbocycles. The van der Waals surface area contributed by atoms with Crippen molar-refractivity contribution in [3.63, 3.8) is 0 Å². The van der Waals surface area contributed by atoms with E-state index in [-0.39, 0.29) is 11.8 Å². The molecule has 2 aromatic carbocycles. The number of aromatic hydroxyl groups is 1. The number of phenolic OH excluding ortho intramolecular Hbond substituents is 1. The molecule has 0 aliphatic carbocycles. The van der Waals surface area contributed by atoms with Crippen LogP contribution in [-0.2, 0) is 0 Å². The third-order valence-corrected chi connectivity index (χ3v) is 5.30. The lowest BCUT2D eigenvalue weighted by Crippen LogP contribution is -2.15. The smallest absolute Gasteiger partial charge is 0.147 e. The molecular weight excluding hydrogens is 358 g/mol. The van der Waals surface area contributed by atoms with Crippen LogP contribution in [0.25, 0.3) is 10.9 Å². The number of aryl methyl sites for hydroxylation is 4. The van der Waals surface area contributed by atoms with Crippen LogP contribution in [0.5, 0.6) is 5.75 Å². The van der Waals surface area contributed by atoms with Gasteiger partial charge in [0.25, 0.3) is 0 Å². The van der Waals surface area contributed by atoms with Gasteiger partial charge in [-0.1, -0.05) is 42.0 Å². The van der Waals surface area contributed by atoms with E-state index in [4.69, 9.17) is 0 Å². The maximum Gasteiger partial charge on any atom is 0.147 e. The van der Waals surface area contributed by atoms with Crippen molar-refractivity contribution >= 4 is 16.6 Å². The topological polar surface area (TPSA) is 58.0 Å². The number of hydrogen-bond acceptors (Lipinski definition) is 4. The second kappa shape index (κ2) is 7.55. The molecule has 0 bridgehead atoms. The Balaban J connectivity index is 1.89. The summed E-state index contributed by atoms with van der Waals surface area (Å²) >= 11 is 0. The molecule has 2 heterocycles. The average molecular weight is 383 g/mol. The van der Waals surface area contributed by atoms with Crippen molar-refractivity contribution in [3.8, 4) is 5.75 Å². The summed E-state index contributed by atoms with van der Waals surface area (Å²) in [6, 6.07) is 15.9. The molecule has 0 saturated heterocycles. The molecule has 4 aromatic rings. The molecule has 0 fully saturated rings. The van der Waals surface area contributed by atoms with Gasteiger partial charge in [0.15, 0.2) is 0 Å². The molecule has 29 heavy (non-hydrogen) atoms. The summed E-state index contributed by atoms with van der Waals surface area (Å²) in [5.41, 5.74) is 7.91. The number of phenols is 1. The molecule has 0 aliphatic heterocycles. The van der Waals surface area contributed by atoms with E-state index in [1.807, 2.05) is 49.5 Å². The van der Waals surface area contributed by atoms with Gasteiger partial charge in [-0.2, -0.15) is 0 Å². The van der Waals surface area contributed by atoms with Gasteiger partial charge in [0.2, 0.25) is 0 Å². The lowest BCUT2D eigenvalue weighted by molar-refractivity contribution is 0.471. The van der Waals surface area contributed by atoms with Crippen LogP contribution in [0.2, 0.25) is 0 Å². The predicted molar refractivity (Wildman–Crippen MR) is 119 cm³/mol. The Kier molecular flexibility index (Phi) is 4.93. The molecular formula is C25H25N3O. The first-order chi connectivity index (χ1) is 13.9. The highest BCUT2D eigenvalue weighted by Gasteiger charge is 2.21. The van der Waals surface area contributed by atoms with Gasteiger partial charge in [0.1, 0.15) is 11.3 Å². The number of fused-ring (bicyclic) bond motifs is 1. The van der Waals surface area contributed by atoms with Crippen LogP contribution in [-0.4, -0.2) is 15.1 Å². The van der Waals surface area contributed by atoms with Gasteiger partial charge in [-0.05, 0) is 56.5 Å². The van der Waals surface area contributed by atoms with Crippen molar-refractivity contribution in [1.29, 1.82) is 0 Å². The first-order valence-corrected chi connectivity index (χ1v) is 9.77. The number of rotatable bonds is 4. The normalized spacial score (nSPS) is 12.1. The number of aromatic nitrogens is 2. The van der Waals surface area contributed by atoms with Gasteiger partial charge >= 0.3 is 0 Å². The van der Waals surface area contributed by atoms with Crippen molar-refractivity contribution in [2.24, 2.45) is 0 Å². The second-order valence-corrected chi connectivity index (χ2v) is 7.67. The Labute approximate surface area is 171 Å². The van der Waals surface area contributed by atoms with E-state index in [9.17, 15) is 5.11 Å². The molecule has 0 radical (unpaired) electrons. The standard InChI is InChI=1S/C25H25N3O/c1-15-12-16(2)22(17(3)13-15)28-23(20-6-5-11-26-14-20)21-10-9-19-8-7-18(4)27-24(19)25(21)29/h5-14,23,28-29H,1-4H3. The summed E-state index contributed by atoms with van der Waals surface area (Å²) in [7, 11) is 0. The largest absolute Gasteiger partial charge is 0.505 e. The Morgan fingerprint density at radius 3 is 2.34 bits per heavy atom. The van der Waals surface area contributed by atoms with E-state index in [1.165, 1.54) is 16.7 Å². The molecule has 4 heteroatoms. The minimum atomic E-state index is -0.254. The van der Waals surface area contributed by atoms with Gasteiger partial charge in [-0.3, -0.25) is 4.98 Å². The number of nitrogens with zero attached hydrogens (tertiary/aromatic N) is 2. The molecule has 2 aromatic heterocycles. The summed E-state index contributed by atoms with van der Waals surface area (Å²) in [4.78, 5) is 8.87. The summed E-state index contributed by atoms with van der Waals surface area (Å²) in [5, 5.41) is 15.7. The summed E-state index contributed by atoms with van der Waals surface area (Å²) in [6.07, 6.45) is 3.60. The van der Waals surface area contributed by atoms with Crippen molar-refractivity contribution in [3.05, 3.63) is 94.4 Å². The zero-order valence-electron chi connectivity index (χ0n) is 17.2. The highest BCUT2D eigenvalue weighted by Crippen LogP contribution is 2.37. The molecule has 146 valence electrons. The summed E-state index contributed by atoms with van der Waals surface area (Å²) < 4.78 is 0. The lowest BCUT2D eigenvalue weighted by atomic mass is 9.95. The molecule has 0 amide bonds. The molecule has 0 spiro atoms. The van der Waals surface area contributed by atoms with Gasteiger partial charge in [0.05, 0.1) is 6.04 Å². The van der Waals surface area contributed by atoms with Crippen LogP contribution >= 0.6 is 0 Å². The number of nitrogens with one attached hydrogen (secondary N) is 1. The fraction of sp³-hybridized carbons (Fsp3) is 0.200. The molecule has 1 atom stereocenters. The second-order valence-electron chi connectivity index (χ2n) is 7.67. The maximum atomic E-state index is 11.1.